The molecule has 0 aliphatic heterocycles. The average molecular weight is 214 g/mol. The number of anilines is 1. The minimum Gasteiger partial charge on any atom is -0.382 e. The number of hydrogen-bond acceptors (Lipinski definition) is 3. The first kappa shape index (κ1) is 10.8. The summed E-state index contributed by atoms with van der Waals surface area (Å²) in [6, 6.07) is 0. The molecular weight excluding hydrogens is 202 g/mol. The topological polar surface area (TPSA) is 46.9 Å². The van der Waals surface area contributed by atoms with E-state index in [9.17, 15) is 4.79 Å². The Bertz CT molecular complexity index is 386. The van der Waals surface area contributed by atoms with Gasteiger partial charge < -0.3 is 5.32 Å². The Morgan fingerprint density at radius 1 is 1.79 bits per heavy atom. The van der Waals surface area contributed by atoms with E-state index in [1.165, 1.54) is 10.9 Å². The molecular formula is C9H12ClN3O. The molecule has 14 heavy (non-hydrogen) atoms. The van der Waals surface area contributed by atoms with Crippen LogP contribution in [0.4, 0.5) is 5.69 Å². The van der Waals surface area contributed by atoms with Crippen LogP contribution in [0.15, 0.2) is 23.6 Å². The van der Waals surface area contributed by atoms with Crippen LogP contribution in [0.1, 0.15) is 6.42 Å². The van der Waals surface area contributed by atoms with E-state index in [-0.39, 0.29) is 10.6 Å². The quantitative estimate of drug-likeness (QED) is 0.608. The van der Waals surface area contributed by atoms with Gasteiger partial charge in [-0.3, -0.25) is 4.79 Å². The Morgan fingerprint density at radius 3 is 3.14 bits per heavy atom. The number of nitrogens with one attached hydrogen (secondary N) is 1. The highest BCUT2D eigenvalue weighted by Crippen LogP contribution is 2.14. The molecule has 0 aliphatic carbocycles. The van der Waals surface area contributed by atoms with E-state index in [2.05, 4.69) is 17.0 Å². The maximum atomic E-state index is 11.3. The number of nitrogens with zero attached hydrogens (tertiary/aromatic N) is 2. The van der Waals surface area contributed by atoms with Crippen molar-refractivity contribution in [2.75, 3.05) is 11.9 Å². The number of aryl methyl sites for hydroxylation is 1. The Kier molecular flexibility index (Phi) is 3.71. The second kappa shape index (κ2) is 4.81. The van der Waals surface area contributed by atoms with Gasteiger partial charge in [0.1, 0.15) is 5.02 Å². The molecule has 1 N–H and O–H groups in total. The van der Waals surface area contributed by atoms with Gasteiger partial charge in [0.05, 0.1) is 11.9 Å². The number of hydrogen-bond donors (Lipinski definition) is 1. The standard InChI is InChI=1S/C9H12ClN3O/c1-3-4-5-11-7-6-12-13(2)9(14)8(7)10/h3,6,11H,1,4-5H2,2H3. The van der Waals surface area contributed by atoms with Crippen molar-refractivity contribution in [2.24, 2.45) is 7.05 Å². The van der Waals surface area contributed by atoms with Crippen LogP contribution in [0.2, 0.25) is 5.02 Å². The molecule has 0 fully saturated rings. The lowest BCUT2D eigenvalue weighted by molar-refractivity contribution is 0.708. The average Bonchev–Trinajstić information content (AvgIpc) is 2.18. The summed E-state index contributed by atoms with van der Waals surface area (Å²) < 4.78 is 1.20. The maximum Gasteiger partial charge on any atom is 0.287 e. The molecule has 0 radical (unpaired) electrons. The minimum absolute atomic E-state index is 0.173. The van der Waals surface area contributed by atoms with E-state index in [1.807, 2.05) is 0 Å². The van der Waals surface area contributed by atoms with E-state index < -0.39 is 0 Å². The zero-order valence-electron chi connectivity index (χ0n) is 7.96. The van der Waals surface area contributed by atoms with Gasteiger partial charge in [-0.05, 0) is 6.42 Å². The fourth-order valence-corrected chi connectivity index (χ4v) is 1.18. The fourth-order valence-electron chi connectivity index (χ4n) is 0.943. The lowest BCUT2D eigenvalue weighted by atomic mass is 10.4. The summed E-state index contributed by atoms with van der Waals surface area (Å²) in [5.74, 6) is 0. The fraction of sp³-hybridized carbons (Fsp3) is 0.333. The maximum absolute atomic E-state index is 11.3. The van der Waals surface area contributed by atoms with E-state index in [0.717, 1.165) is 6.42 Å². The lowest BCUT2D eigenvalue weighted by Crippen LogP contribution is -2.21. The van der Waals surface area contributed by atoms with Gasteiger partial charge in [-0.25, -0.2) is 4.68 Å². The number of rotatable bonds is 4. The van der Waals surface area contributed by atoms with Crippen molar-refractivity contribution in [3.63, 3.8) is 0 Å². The molecule has 0 bridgehead atoms. The van der Waals surface area contributed by atoms with Crippen LogP contribution in [0, 0.1) is 0 Å². The van der Waals surface area contributed by atoms with Crippen LogP contribution < -0.4 is 10.9 Å². The summed E-state index contributed by atoms with van der Waals surface area (Å²) in [5, 5.41) is 7.03. The predicted octanol–water partition coefficient (Wildman–Crippen LogP) is 1.42. The van der Waals surface area contributed by atoms with Crippen molar-refractivity contribution in [3.05, 3.63) is 34.2 Å². The second-order valence-corrected chi connectivity index (χ2v) is 3.18. The zero-order valence-corrected chi connectivity index (χ0v) is 8.71. The summed E-state index contributed by atoms with van der Waals surface area (Å²) in [6.07, 6.45) is 4.13. The van der Waals surface area contributed by atoms with Gasteiger partial charge in [-0.15, -0.1) is 6.58 Å². The third kappa shape index (κ3) is 2.35. The summed E-state index contributed by atoms with van der Waals surface area (Å²) in [7, 11) is 1.56. The molecule has 1 rings (SSSR count). The molecule has 1 aromatic rings. The van der Waals surface area contributed by atoms with Crippen LogP contribution >= 0.6 is 11.6 Å². The molecule has 0 unspecified atom stereocenters. The van der Waals surface area contributed by atoms with Gasteiger partial charge in [-0.1, -0.05) is 17.7 Å². The van der Waals surface area contributed by atoms with Gasteiger partial charge >= 0.3 is 0 Å². The largest absolute Gasteiger partial charge is 0.382 e. The summed E-state index contributed by atoms with van der Waals surface area (Å²) in [4.78, 5) is 11.3. The molecule has 0 saturated heterocycles. The molecule has 0 aliphatic rings. The first-order valence-corrected chi connectivity index (χ1v) is 4.61. The molecule has 0 saturated carbocycles. The highest BCUT2D eigenvalue weighted by molar-refractivity contribution is 6.32. The van der Waals surface area contributed by atoms with Crippen LogP contribution in [0.3, 0.4) is 0 Å². The van der Waals surface area contributed by atoms with Gasteiger partial charge in [0.15, 0.2) is 0 Å². The Hall–Kier alpha value is -1.29. The molecule has 1 heterocycles. The van der Waals surface area contributed by atoms with Crippen molar-refractivity contribution in [1.29, 1.82) is 0 Å². The zero-order chi connectivity index (χ0) is 10.6. The Morgan fingerprint density at radius 2 is 2.50 bits per heavy atom. The lowest BCUT2D eigenvalue weighted by Gasteiger charge is -2.06. The Labute approximate surface area is 87.2 Å². The van der Waals surface area contributed by atoms with E-state index in [0.29, 0.717) is 12.2 Å². The number of aromatic nitrogens is 2. The van der Waals surface area contributed by atoms with Gasteiger partial charge in [0.2, 0.25) is 0 Å². The Balaban J connectivity index is 2.83. The molecule has 0 atom stereocenters. The summed E-state index contributed by atoms with van der Waals surface area (Å²) >= 11 is 5.82. The molecule has 1 aromatic heterocycles. The van der Waals surface area contributed by atoms with Crippen LogP contribution in [-0.4, -0.2) is 16.3 Å². The van der Waals surface area contributed by atoms with Gasteiger partial charge in [-0.2, -0.15) is 5.10 Å². The highest BCUT2D eigenvalue weighted by Gasteiger charge is 2.05. The highest BCUT2D eigenvalue weighted by atomic mass is 35.5. The van der Waals surface area contributed by atoms with E-state index in [1.54, 1.807) is 13.1 Å². The molecule has 76 valence electrons. The predicted molar refractivity (Wildman–Crippen MR) is 57.8 cm³/mol. The van der Waals surface area contributed by atoms with Crippen molar-refractivity contribution < 1.29 is 0 Å². The SMILES string of the molecule is C=CCCNc1cnn(C)c(=O)c1Cl. The normalized spacial score (nSPS) is 9.86. The number of halogens is 1. The molecule has 0 amide bonds. The van der Waals surface area contributed by atoms with E-state index >= 15 is 0 Å². The van der Waals surface area contributed by atoms with Crippen molar-refractivity contribution in [3.8, 4) is 0 Å². The smallest absolute Gasteiger partial charge is 0.287 e. The monoisotopic (exact) mass is 213 g/mol. The second-order valence-electron chi connectivity index (χ2n) is 2.81. The van der Waals surface area contributed by atoms with Gasteiger partial charge in [0, 0.05) is 13.6 Å². The molecule has 0 aromatic carbocycles. The van der Waals surface area contributed by atoms with Crippen LogP contribution in [0.5, 0.6) is 0 Å². The summed E-state index contributed by atoms with van der Waals surface area (Å²) in [6.45, 7) is 4.28. The van der Waals surface area contributed by atoms with Crippen molar-refractivity contribution in [2.45, 2.75) is 6.42 Å². The molecule has 5 heteroatoms. The molecule has 4 nitrogen and oxygen atoms in total. The molecule has 0 spiro atoms. The first-order chi connectivity index (χ1) is 6.66. The third-order valence-electron chi connectivity index (χ3n) is 1.74. The third-order valence-corrected chi connectivity index (χ3v) is 2.11. The van der Waals surface area contributed by atoms with Crippen molar-refractivity contribution in [1.82, 2.24) is 9.78 Å². The minimum atomic E-state index is -0.296. The first-order valence-electron chi connectivity index (χ1n) is 4.23. The van der Waals surface area contributed by atoms with Gasteiger partial charge in [0.25, 0.3) is 5.56 Å². The van der Waals surface area contributed by atoms with E-state index in [4.69, 9.17) is 11.6 Å². The van der Waals surface area contributed by atoms with Crippen LogP contribution in [-0.2, 0) is 7.05 Å². The van der Waals surface area contributed by atoms with Crippen LogP contribution in [0.25, 0.3) is 0 Å². The summed E-state index contributed by atoms with van der Waals surface area (Å²) in [5.41, 5.74) is 0.270. The van der Waals surface area contributed by atoms with Crippen molar-refractivity contribution >= 4 is 17.3 Å².